The molecular formula is C19H21N3O4S. The summed E-state index contributed by atoms with van der Waals surface area (Å²) in [6, 6.07) is 11.9. The van der Waals surface area contributed by atoms with E-state index in [1.54, 1.807) is 30.6 Å². The number of hydrogen-bond acceptors (Lipinski definition) is 5. The van der Waals surface area contributed by atoms with Gasteiger partial charge >= 0.3 is 0 Å². The molecule has 2 aliphatic rings. The highest BCUT2D eigenvalue weighted by Crippen LogP contribution is 2.44. The van der Waals surface area contributed by atoms with Gasteiger partial charge in [0, 0.05) is 25.5 Å². The van der Waals surface area contributed by atoms with Crippen LogP contribution in [0, 0.1) is 0 Å². The Bertz CT molecular complexity index is 993. The van der Waals surface area contributed by atoms with Crippen LogP contribution in [0.2, 0.25) is 0 Å². The van der Waals surface area contributed by atoms with E-state index < -0.39 is 10.1 Å². The summed E-state index contributed by atoms with van der Waals surface area (Å²) in [6.07, 6.45) is 4.85. The highest BCUT2D eigenvalue weighted by molar-refractivity contribution is 7.85. The van der Waals surface area contributed by atoms with Crippen molar-refractivity contribution in [2.24, 2.45) is 0 Å². The summed E-state index contributed by atoms with van der Waals surface area (Å²) in [7, 11) is -4.00. The summed E-state index contributed by atoms with van der Waals surface area (Å²) < 4.78 is 29.2. The Kier molecular flexibility index (Phi) is 5.52. The van der Waals surface area contributed by atoms with E-state index in [1.165, 1.54) is 29.7 Å². The highest BCUT2D eigenvalue weighted by Gasteiger charge is 2.34. The van der Waals surface area contributed by atoms with Crippen molar-refractivity contribution in [3.63, 3.8) is 0 Å². The van der Waals surface area contributed by atoms with E-state index in [-0.39, 0.29) is 10.4 Å². The molecule has 1 aliphatic carbocycles. The molecule has 5 rings (SSSR count). The number of piperidine rings is 1. The number of benzene rings is 2. The lowest BCUT2D eigenvalue weighted by Gasteiger charge is -2.19. The maximum Gasteiger partial charge on any atom is 0.294 e. The van der Waals surface area contributed by atoms with E-state index in [2.05, 4.69) is 27.4 Å². The van der Waals surface area contributed by atoms with Gasteiger partial charge in [0.25, 0.3) is 10.1 Å². The van der Waals surface area contributed by atoms with Crippen molar-refractivity contribution >= 4 is 21.2 Å². The van der Waals surface area contributed by atoms with Gasteiger partial charge in [0.2, 0.25) is 0 Å². The molecule has 1 aromatic heterocycles. The minimum atomic E-state index is -4.00. The number of aromatic nitrogens is 2. The van der Waals surface area contributed by atoms with Crippen molar-refractivity contribution in [3.8, 4) is 0 Å². The predicted molar refractivity (Wildman–Crippen MR) is 102 cm³/mol. The largest absolute Gasteiger partial charge is 0.412 e. The van der Waals surface area contributed by atoms with Crippen LogP contribution in [0.1, 0.15) is 29.4 Å². The molecule has 27 heavy (non-hydrogen) atoms. The predicted octanol–water partition coefficient (Wildman–Crippen LogP) is 1.91. The van der Waals surface area contributed by atoms with E-state index in [1.807, 2.05) is 0 Å². The Morgan fingerprint density at radius 1 is 0.926 bits per heavy atom. The molecule has 0 amide bonds. The molecule has 1 aliphatic heterocycles. The third-order valence-corrected chi connectivity index (χ3v) is 5.81. The van der Waals surface area contributed by atoms with Gasteiger partial charge in [0.15, 0.2) is 0 Å². The Morgan fingerprint density at radius 3 is 1.89 bits per heavy atom. The lowest BCUT2D eigenvalue weighted by molar-refractivity contribution is 0.454. The fraction of sp³-hybridized carbons (Fsp3) is 0.263. The molecule has 1 fully saturated rings. The molecule has 7 nitrogen and oxygen atoms in total. The van der Waals surface area contributed by atoms with Crippen LogP contribution in [0.15, 0.2) is 59.8 Å². The molecule has 0 saturated carbocycles. The smallest absolute Gasteiger partial charge is 0.294 e. The first-order valence-electron chi connectivity index (χ1n) is 8.50. The second-order valence-corrected chi connectivity index (χ2v) is 8.02. The topological polar surface area (TPSA) is 124 Å². The lowest BCUT2D eigenvalue weighted by atomic mass is 9.98. The number of fused-ring (bicyclic) bond motifs is 6. The van der Waals surface area contributed by atoms with E-state index in [0.717, 1.165) is 24.1 Å². The Morgan fingerprint density at radius 2 is 1.44 bits per heavy atom. The van der Waals surface area contributed by atoms with E-state index in [4.69, 9.17) is 4.55 Å². The van der Waals surface area contributed by atoms with Crippen molar-refractivity contribution in [2.75, 3.05) is 13.1 Å². The number of hydrogen-bond donors (Lipinski definition) is 2. The van der Waals surface area contributed by atoms with Gasteiger partial charge in [-0.15, -0.1) is 0 Å². The fourth-order valence-corrected chi connectivity index (χ4v) is 4.26. The van der Waals surface area contributed by atoms with Gasteiger partial charge < -0.3 is 10.8 Å². The average molecular weight is 387 g/mol. The lowest BCUT2D eigenvalue weighted by Crippen LogP contribution is -2.28. The molecule has 8 heteroatoms. The average Bonchev–Trinajstić information content (AvgIpc) is 2.90. The summed E-state index contributed by atoms with van der Waals surface area (Å²) in [5.74, 6) is 1.39. The van der Waals surface area contributed by atoms with Crippen molar-refractivity contribution < 1.29 is 18.4 Å². The molecule has 2 bridgehead atoms. The van der Waals surface area contributed by atoms with Gasteiger partial charge in [-0.25, -0.2) is 0 Å². The Hall–Kier alpha value is -2.39. The van der Waals surface area contributed by atoms with Crippen LogP contribution in [-0.4, -0.2) is 41.5 Å². The zero-order chi connectivity index (χ0) is 18.1. The molecule has 0 unspecified atom stereocenters. The van der Waals surface area contributed by atoms with Crippen LogP contribution in [-0.2, 0) is 10.1 Å². The molecule has 2 atom stereocenters. The van der Waals surface area contributed by atoms with Gasteiger partial charge in [-0.1, -0.05) is 18.2 Å². The summed E-state index contributed by atoms with van der Waals surface area (Å²) >= 11 is 0. The first-order valence-corrected chi connectivity index (χ1v) is 9.94. The normalized spacial score (nSPS) is 20.2. The second kappa shape index (κ2) is 7.69. The quantitative estimate of drug-likeness (QED) is 0.615. The zero-order valence-corrected chi connectivity index (χ0v) is 15.4. The van der Waals surface area contributed by atoms with Crippen LogP contribution in [0.5, 0.6) is 0 Å². The van der Waals surface area contributed by atoms with Crippen LogP contribution < -0.4 is 5.32 Å². The third kappa shape index (κ3) is 3.98. The Balaban J connectivity index is 0.000000168. The molecule has 2 heterocycles. The number of rotatable bonds is 1. The van der Waals surface area contributed by atoms with Gasteiger partial charge in [0.05, 0.1) is 15.9 Å². The summed E-state index contributed by atoms with van der Waals surface area (Å²) in [6.45, 7) is 2.24. The summed E-state index contributed by atoms with van der Waals surface area (Å²) in [5, 5.41) is 3.51. The minimum Gasteiger partial charge on any atom is -0.412 e. The van der Waals surface area contributed by atoms with E-state index in [9.17, 15) is 8.42 Å². The van der Waals surface area contributed by atoms with Crippen LogP contribution >= 0.6 is 0 Å². The van der Waals surface area contributed by atoms with Crippen molar-refractivity contribution in [3.05, 3.63) is 66.0 Å². The number of nitrogens with zero attached hydrogens (tertiary/aromatic N) is 2. The maximum absolute atomic E-state index is 10.4. The van der Waals surface area contributed by atoms with Crippen molar-refractivity contribution in [2.45, 2.75) is 23.2 Å². The SMILES string of the molecule is O.O=S(=O)(O)c1ccccc1.c1cnc2cc3c(cc2n1)[C@@H]1CNC[C@H]3C1. The zero-order valence-electron chi connectivity index (χ0n) is 14.5. The molecule has 2 aromatic carbocycles. The number of nitrogens with one attached hydrogen (secondary N) is 1. The monoisotopic (exact) mass is 387 g/mol. The molecule has 142 valence electrons. The Labute approximate surface area is 157 Å². The van der Waals surface area contributed by atoms with E-state index >= 15 is 0 Å². The molecule has 0 radical (unpaired) electrons. The second-order valence-electron chi connectivity index (χ2n) is 6.60. The van der Waals surface area contributed by atoms with Gasteiger partial charge in [-0.05, 0) is 53.6 Å². The van der Waals surface area contributed by atoms with Gasteiger partial charge in [-0.2, -0.15) is 8.42 Å². The van der Waals surface area contributed by atoms with Crippen molar-refractivity contribution in [1.82, 2.24) is 15.3 Å². The molecule has 3 aromatic rings. The minimum absolute atomic E-state index is 0. The summed E-state index contributed by atoms with van der Waals surface area (Å²) in [4.78, 5) is 8.71. The maximum atomic E-state index is 10.4. The molecule has 1 saturated heterocycles. The standard InChI is InChI=1S/C13H13N3.C6H6O3S.H2O/c1-2-16-13-5-11-9-3-8(6-14-7-9)10(11)4-12(13)15-1;7-10(8,9)6-4-2-1-3-5-6;/h1-2,4-5,8-9,14H,3,6-7H2;1-5H,(H,7,8,9);1H2/t8-,9+;;. The van der Waals surface area contributed by atoms with Crippen LogP contribution in [0.3, 0.4) is 0 Å². The summed E-state index contributed by atoms with van der Waals surface area (Å²) in [5.41, 5.74) is 5.08. The van der Waals surface area contributed by atoms with E-state index in [0.29, 0.717) is 11.8 Å². The first-order chi connectivity index (χ1) is 12.5. The molecular weight excluding hydrogens is 366 g/mol. The first kappa shape index (κ1) is 19.4. The fourth-order valence-electron chi connectivity index (χ4n) is 3.76. The molecule has 0 spiro atoms. The third-order valence-electron chi connectivity index (χ3n) is 4.95. The van der Waals surface area contributed by atoms with Crippen LogP contribution in [0.25, 0.3) is 11.0 Å². The van der Waals surface area contributed by atoms with Crippen LogP contribution in [0.4, 0.5) is 0 Å². The van der Waals surface area contributed by atoms with Crippen molar-refractivity contribution in [1.29, 1.82) is 0 Å². The highest BCUT2D eigenvalue weighted by atomic mass is 32.2. The van der Waals surface area contributed by atoms with Gasteiger partial charge in [-0.3, -0.25) is 14.5 Å². The molecule has 4 N–H and O–H groups in total. The van der Waals surface area contributed by atoms with Gasteiger partial charge in [0.1, 0.15) is 0 Å².